The highest BCUT2D eigenvalue weighted by Gasteiger charge is 2.38. The summed E-state index contributed by atoms with van der Waals surface area (Å²) in [4.78, 5) is 0. The van der Waals surface area contributed by atoms with E-state index in [0.717, 1.165) is 83.2 Å². The fourth-order valence-corrected chi connectivity index (χ4v) is 5.20. The monoisotopic (exact) mass is 432 g/mol. The number of aromatic nitrogens is 4. The molecule has 0 unspecified atom stereocenters. The van der Waals surface area contributed by atoms with E-state index in [4.69, 9.17) is 15.6 Å². The van der Waals surface area contributed by atoms with Gasteiger partial charge in [0, 0.05) is 35.6 Å². The summed E-state index contributed by atoms with van der Waals surface area (Å²) < 4.78 is 10.2. The molecule has 168 valence electrons. The van der Waals surface area contributed by atoms with Crippen LogP contribution in [0, 0.1) is 39.0 Å². The molecular weight excluding hydrogens is 400 g/mol. The van der Waals surface area contributed by atoms with Gasteiger partial charge in [-0.2, -0.15) is 15.5 Å². The van der Waals surface area contributed by atoms with Crippen molar-refractivity contribution in [1.29, 1.82) is 5.26 Å². The summed E-state index contributed by atoms with van der Waals surface area (Å²) in [6.45, 7) is 14.0. The molecule has 2 N–H and O–H groups in total. The summed E-state index contributed by atoms with van der Waals surface area (Å²) in [6, 6.07) is 2.34. The van der Waals surface area contributed by atoms with E-state index in [-0.39, 0.29) is 11.8 Å². The minimum atomic E-state index is -0.215. The van der Waals surface area contributed by atoms with E-state index in [0.29, 0.717) is 5.57 Å². The number of allylic oxidation sites excluding steroid dienone is 3. The van der Waals surface area contributed by atoms with Crippen LogP contribution >= 0.6 is 0 Å². The zero-order chi connectivity index (χ0) is 23.2. The Hall–Kier alpha value is -3.27. The number of rotatable bonds is 4. The summed E-state index contributed by atoms with van der Waals surface area (Å²) in [5, 5.41) is 19.4. The minimum absolute atomic E-state index is 0.199. The Bertz CT molecular complexity index is 1210. The molecule has 2 aromatic heterocycles. The normalized spacial score (nSPS) is 19.9. The first-order valence-electron chi connectivity index (χ1n) is 11.4. The quantitative estimate of drug-likeness (QED) is 0.757. The smallest absolute Gasteiger partial charge is 0.205 e. The van der Waals surface area contributed by atoms with Crippen LogP contribution in [0.2, 0.25) is 0 Å². The number of nitriles is 1. The van der Waals surface area contributed by atoms with E-state index in [1.807, 2.05) is 23.2 Å². The predicted molar refractivity (Wildman–Crippen MR) is 124 cm³/mol. The highest BCUT2D eigenvalue weighted by atomic mass is 16.5. The molecule has 0 bridgehead atoms. The molecule has 0 saturated carbocycles. The Morgan fingerprint density at radius 3 is 2.31 bits per heavy atom. The van der Waals surface area contributed by atoms with E-state index in [1.165, 1.54) is 0 Å². The molecule has 7 nitrogen and oxygen atoms in total. The standard InChI is InChI=1S/C25H32N6O/c1-7-30-16(5)20(14(3)28-30)12-18-10-9-11-19-23(21(13-26)25(27)32-24(18)19)22-15(4)29-31(8-2)17(22)6/h12,23H,7-11,27H2,1-6H3/b18-12-/t23-/m0/s1. The van der Waals surface area contributed by atoms with Gasteiger partial charge in [-0.25, -0.2) is 0 Å². The first kappa shape index (κ1) is 21.9. The SMILES string of the molecule is CCn1nc(C)c(/C=C2/CCCC3=C2OC(N)=C(C#N)[C@H]3c2c(C)nn(CC)c2C)c1C. The number of nitrogens with zero attached hydrogens (tertiary/aromatic N) is 5. The molecule has 3 heterocycles. The third-order valence-corrected chi connectivity index (χ3v) is 6.79. The summed E-state index contributed by atoms with van der Waals surface area (Å²) >= 11 is 0. The van der Waals surface area contributed by atoms with Crippen LogP contribution < -0.4 is 5.73 Å². The lowest BCUT2D eigenvalue weighted by atomic mass is 9.76. The van der Waals surface area contributed by atoms with Crippen molar-refractivity contribution in [3.63, 3.8) is 0 Å². The lowest BCUT2D eigenvalue weighted by Gasteiger charge is -2.33. The lowest BCUT2D eigenvalue weighted by molar-refractivity contribution is 0.277. The largest absolute Gasteiger partial charge is 0.440 e. The lowest BCUT2D eigenvalue weighted by Crippen LogP contribution is -2.24. The molecule has 2 aromatic rings. The van der Waals surface area contributed by atoms with Gasteiger partial charge in [0.1, 0.15) is 17.4 Å². The van der Waals surface area contributed by atoms with Gasteiger partial charge in [-0.1, -0.05) is 0 Å². The van der Waals surface area contributed by atoms with Gasteiger partial charge in [-0.3, -0.25) is 9.36 Å². The Balaban J connectivity index is 1.90. The molecule has 0 aromatic carbocycles. The first-order valence-corrected chi connectivity index (χ1v) is 11.4. The van der Waals surface area contributed by atoms with Gasteiger partial charge >= 0.3 is 0 Å². The average molecular weight is 433 g/mol. The third-order valence-electron chi connectivity index (χ3n) is 6.79. The maximum atomic E-state index is 9.99. The summed E-state index contributed by atoms with van der Waals surface area (Å²) in [5.74, 6) is 0.807. The van der Waals surface area contributed by atoms with E-state index in [2.05, 4.69) is 44.9 Å². The number of hydrogen-bond acceptors (Lipinski definition) is 5. The van der Waals surface area contributed by atoms with Crippen molar-refractivity contribution in [3.05, 3.63) is 62.3 Å². The van der Waals surface area contributed by atoms with Gasteiger partial charge in [-0.05, 0) is 78.0 Å². The van der Waals surface area contributed by atoms with E-state index in [9.17, 15) is 5.26 Å². The molecule has 7 heteroatoms. The molecule has 1 aliphatic carbocycles. The molecule has 0 saturated heterocycles. The third kappa shape index (κ3) is 3.35. The minimum Gasteiger partial charge on any atom is -0.440 e. The molecule has 32 heavy (non-hydrogen) atoms. The molecule has 0 amide bonds. The van der Waals surface area contributed by atoms with E-state index >= 15 is 0 Å². The second-order valence-electron chi connectivity index (χ2n) is 8.60. The maximum Gasteiger partial charge on any atom is 0.205 e. The van der Waals surface area contributed by atoms with Crippen molar-refractivity contribution in [3.8, 4) is 6.07 Å². The van der Waals surface area contributed by atoms with Crippen molar-refractivity contribution in [2.75, 3.05) is 0 Å². The Morgan fingerprint density at radius 1 is 1.06 bits per heavy atom. The summed E-state index contributed by atoms with van der Waals surface area (Å²) in [5.41, 5.74) is 15.5. The number of hydrogen-bond donors (Lipinski definition) is 1. The molecule has 0 radical (unpaired) electrons. The molecular formula is C25H32N6O. The number of aryl methyl sites for hydroxylation is 4. The Labute approximate surface area is 189 Å². The van der Waals surface area contributed by atoms with Crippen LogP contribution in [0.15, 0.2) is 28.4 Å². The molecule has 1 atom stereocenters. The van der Waals surface area contributed by atoms with Gasteiger partial charge in [0.25, 0.3) is 0 Å². The van der Waals surface area contributed by atoms with Crippen LogP contribution in [0.4, 0.5) is 0 Å². The highest BCUT2D eigenvalue weighted by Crippen LogP contribution is 2.48. The van der Waals surface area contributed by atoms with Crippen LogP contribution in [0.3, 0.4) is 0 Å². The zero-order valence-corrected chi connectivity index (χ0v) is 19.9. The second kappa shape index (κ2) is 8.34. The van der Waals surface area contributed by atoms with Gasteiger partial charge in [0.15, 0.2) is 0 Å². The molecule has 1 aliphatic heterocycles. The zero-order valence-electron chi connectivity index (χ0n) is 19.9. The van der Waals surface area contributed by atoms with E-state index < -0.39 is 0 Å². The topological polar surface area (TPSA) is 94.7 Å². The Morgan fingerprint density at radius 2 is 1.72 bits per heavy atom. The van der Waals surface area contributed by atoms with Gasteiger partial charge in [0.05, 0.1) is 17.3 Å². The average Bonchev–Trinajstić information content (AvgIpc) is 3.21. The highest BCUT2D eigenvalue weighted by molar-refractivity contribution is 5.65. The fraction of sp³-hybridized carbons (Fsp3) is 0.480. The predicted octanol–water partition coefficient (Wildman–Crippen LogP) is 4.68. The van der Waals surface area contributed by atoms with Gasteiger partial charge in [-0.15, -0.1) is 0 Å². The number of nitrogens with two attached hydrogens (primary N) is 1. The first-order chi connectivity index (χ1) is 15.3. The van der Waals surface area contributed by atoms with Crippen LogP contribution in [0.1, 0.15) is 72.9 Å². The van der Waals surface area contributed by atoms with Crippen LogP contribution in [0.25, 0.3) is 6.08 Å². The van der Waals surface area contributed by atoms with Crippen LogP contribution in [0.5, 0.6) is 0 Å². The summed E-state index contributed by atoms with van der Waals surface area (Å²) in [6.07, 6.45) is 4.99. The van der Waals surface area contributed by atoms with Crippen LogP contribution in [-0.4, -0.2) is 19.6 Å². The van der Waals surface area contributed by atoms with Crippen molar-refractivity contribution >= 4 is 6.08 Å². The second-order valence-corrected chi connectivity index (χ2v) is 8.60. The molecule has 0 fully saturated rings. The summed E-state index contributed by atoms with van der Waals surface area (Å²) in [7, 11) is 0. The van der Waals surface area contributed by atoms with Gasteiger partial charge < -0.3 is 10.5 Å². The molecule has 2 aliphatic rings. The van der Waals surface area contributed by atoms with Gasteiger partial charge in [0.2, 0.25) is 5.88 Å². The van der Waals surface area contributed by atoms with Crippen LogP contribution in [-0.2, 0) is 17.8 Å². The fourth-order valence-electron chi connectivity index (χ4n) is 5.20. The van der Waals surface area contributed by atoms with Crippen molar-refractivity contribution < 1.29 is 4.74 Å². The maximum absolute atomic E-state index is 9.99. The van der Waals surface area contributed by atoms with E-state index in [1.54, 1.807) is 0 Å². The number of ether oxygens (including phenoxy) is 1. The molecule has 0 spiro atoms. The van der Waals surface area contributed by atoms with Crippen molar-refractivity contribution in [2.24, 2.45) is 5.73 Å². The van der Waals surface area contributed by atoms with Crippen molar-refractivity contribution in [1.82, 2.24) is 19.6 Å². The Kier molecular flexibility index (Phi) is 5.72. The van der Waals surface area contributed by atoms with Crippen molar-refractivity contribution in [2.45, 2.75) is 79.8 Å². The molecule has 4 rings (SSSR count).